The molecule has 0 aliphatic carbocycles. The molecule has 3 aromatic rings. The summed E-state index contributed by atoms with van der Waals surface area (Å²) in [6.07, 6.45) is 5.03. The quantitative estimate of drug-likeness (QED) is 0.721. The van der Waals surface area contributed by atoms with Crippen molar-refractivity contribution in [1.82, 2.24) is 19.5 Å². The van der Waals surface area contributed by atoms with Crippen LogP contribution in [0.1, 0.15) is 19.8 Å². The molecule has 5 rings (SSSR count). The number of carbonyl (C=O) groups excluding carboxylic acids is 1. The summed E-state index contributed by atoms with van der Waals surface area (Å²) < 4.78 is 13.5. The maximum atomic E-state index is 12.3. The molecular formula is C21H23N5O3. The molecule has 29 heavy (non-hydrogen) atoms. The van der Waals surface area contributed by atoms with Crippen molar-refractivity contribution in [3.05, 3.63) is 36.7 Å². The number of aromatic nitrogens is 3. The monoisotopic (exact) mass is 393 g/mol. The second-order valence-electron chi connectivity index (χ2n) is 7.29. The highest BCUT2D eigenvalue weighted by atomic mass is 16.5. The van der Waals surface area contributed by atoms with E-state index in [1.54, 1.807) is 10.6 Å². The van der Waals surface area contributed by atoms with Crippen molar-refractivity contribution < 1.29 is 14.3 Å². The molecule has 8 heteroatoms. The predicted molar refractivity (Wildman–Crippen MR) is 108 cm³/mol. The lowest BCUT2D eigenvalue weighted by Gasteiger charge is -2.25. The Bertz CT molecular complexity index is 1060. The van der Waals surface area contributed by atoms with Crippen LogP contribution < -0.4 is 14.8 Å². The summed E-state index contributed by atoms with van der Waals surface area (Å²) in [5.41, 5.74) is 3.54. The van der Waals surface area contributed by atoms with Gasteiger partial charge in [-0.15, -0.1) is 0 Å². The average molecular weight is 393 g/mol. The molecule has 1 saturated heterocycles. The number of hydrogen-bond acceptors (Lipinski definition) is 6. The molecule has 1 fully saturated rings. The van der Waals surface area contributed by atoms with Crippen LogP contribution in [0.25, 0.3) is 16.8 Å². The number of fused-ring (bicyclic) bond motifs is 5. The van der Waals surface area contributed by atoms with Crippen LogP contribution in [-0.4, -0.2) is 57.8 Å². The molecule has 150 valence electrons. The van der Waals surface area contributed by atoms with E-state index in [9.17, 15) is 4.79 Å². The van der Waals surface area contributed by atoms with Crippen LogP contribution in [0, 0.1) is 0 Å². The molecule has 0 unspecified atom stereocenters. The maximum absolute atomic E-state index is 12.3. The van der Waals surface area contributed by atoms with Crippen molar-refractivity contribution >= 4 is 17.2 Å². The summed E-state index contributed by atoms with van der Waals surface area (Å²) in [5, 5.41) is 7.87. The van der Waals surface area contributed by atoms with Gasteiger partial charge in [0.15, 0.2) is 5.65 Å². The van der Waals surface area contributed by atoms with Gasteiger partial charge < -0.3 is 19.7 Å². The van der Waals surface area contributed by atoms with E-state index >= 15 is 0 Å². The standard InChI is InChI=1S/C21H23N5O3/c1-2-28-17-10-14-9-15(11-17)22-6-8-25-16(3-4-20(25)27)13-29-19-5-7-26-21(24-19)18(14)12-23-26/h5,7,9-12,16,22H,2-4,6,8,13H2,1H3/t16-/m0/s1. The van der Waals surface area contributed by atoms with Gasteiger partial charge in [0.1, 0.15) is 12.4 Å². The smallest absolute Gasteiger partial charge is 0.223 e. The van der Waals surface area contributed by atoms with E-state index in [0.717, 1.165) is 34.6 Å². The van der Waals surface area contributed by atoms with Crippen molar-refractivity contribution in [1.29, 1.82) is 0 Å². The highest BCUT2D eigenvalue weighted by Gasteiger charge is 2.31. The summed E-state index contributed by atoms with van der Waals surface area (Å²) in [7, 11) is 0. The Hall–Kier alpha value is -3.29. The lowest BCUT2D eigenvalue weighted by molar-refractivity contribution is -0.129. The fraction of sp³-hybridized carbons (Fsp3) is 0.381. The van der Waals surface area contributed by atoms with Gasteiger partial charge in [-0.3, -0.25) is 4.79 Å². The highest BCUT2D eigenvalue weighted by molar-refractivity contribution is 5.81. The summed E-state index contributed by atoms with van der Waals surface area (Å²) in [5.74, 6) is 1.49. The lowest BCUT2D eigenvalue weighted by atomic mass is 10.1. The third-order valence-electron chi connectivity index (χ3n) is 5.43. The zero-order valence-corrected chi connectivity index (χ0v) is 16.3. The number of nitrogens with one attached hydrogen (secondary N) is 1. The van der Waals surface area contributed by atoms with Crippen molar-refractivity contribution in [2.75, 3.05) is 31.6 Å². The summed E-state index contributed by atoms with van der Waals surface area (Å²) in [6, 6.07) is 7.91. The molecule has 2 aliphatic heterocycles. The minimum atomic E-state index is 0.0694. The summed E-state index contributed by atoms with van der Waals surface area (Å²) in [6.45, 7) is 4.28. The van der Waals surface area contributed by atoms with E-state index in [4.69, 9.17) is 9.47 Å². The number of benzene rings is 1. The number of rotatable bonds is 2. The Morgan fingerprint density at radius 3 is 3.17 bits per heavy atom. The van der Waals surface area contributed by atoms with Crippen LogP contribution >= 0.6 is 0 Å². The Balaban J connectivity index is 1.60. The first-order valence-electron chi connectivity index (χ1n) is 10.00. The molecular weight excluding hydrogens is 370 g/mol. The third kappa shape index (κ3) is 3.35. The van der Waals surface area contributed by atoms with Gasteiger partial charge in [-0.05, 0) is 31.0 Å². The van der Waals surface area contributed by atoms with Crippen LogP contribution in [0.5, 0.6) is 11.6 Å². The topological polar surface area (TPSA) is 81.0 Å². The normalized spacial score (nSPS) is 18.9. The fourth-order valence-corrected chi connectivity index (χ4v) is 4.02. The second-order valence-corrected chi connectivity index (χ2v) is 7.29. The minimum Gasteiger partial charge on any atom is -0.494 e. The Morgan fingerprint density at radius 2 is 2.28 bits per heavy atom. The predicted octanol–water partition coefficient (Wildman–Crippen LogP) is 2.59. The number of anilines is 1. The van der Waals surface area contributed by atoms with Crippen LogP contribution in [0.2, 0.25) is 0 Å². The number of hydrogen-bond donors (Lipinski definition) is 1. The van der Waals surface area contributed by atoms with Crippen LogP contribution in [0.15, 0.2) is 36.7 Å². The Kier molecular flexibility index (Phi) is 4.46. The van der Waals surface area contributed by atoms with E-state index in [2.05, 4.69) is 21.5 Å². The van der Waals surface area contributed by atoms with Crippen LogP contribution in [0.3, 0.4) is 0 Å². The molecule has 0 radical (unpaired) electrons. The maximum Gasteiger partial charge on any atom is 0.223 e. The fourth-order valence-electron chi connectivity index (χ4n) is 4.02. The van der Waals surface area contributed by atoms with E-state index in [1.807, 2.05) is 36.4 Å². The van der Waals surface area contributed by atoms with E-state index in [1.165, 1.54) is 0 Å². The molecule has 0 spiro atoms. The van der Waals surface area contributed by atoms with Gasteiger partial charge in [0, 0.05) is 49.1 Å². The van der Waals surface area contributed by atoms with Crippen LogP contribution in [0.4, 0.5) is 5.69 Å². The molecule has 8 nitrogen and oxygen atoms in total. The SMILES string of the molecule is CCOc1cc2cc(c1)-c1cnn3ccc(nc13)OC[C@@H]1CCC(=O)N1CCN2. The van der Waals surface area contributed by atoms with Crippen molar-refractivity contribution in [3.63, 3.8) is 0 Å². The molecule has 2 aromatic heterocycles. The van der Waals surface area contributed by atoms with Crippen molar-refractivity contribution in [2.24, 2.45) is 0 Å². The molecule has 4 heterocycles. The van der Waals surface area contributed by atoms with E-state index < -0.39 is 0 Å². The van der Waals surface area contributed by atoms with Gasteiger partial charge in [0.05, 0.1) is 18.8 Å². The minimum absolute atomic E-state index is 0.0694. The first-order valence-corrected chi connectivity index (χ1v) is 10.00. The molecule has 1 aromatic carbocycles. The number of carbonyl (C=O) groups is 1. The van der Waals surface area contributed by atoms with E-state index in [0.29, 0.717) is 38.6 Å². The molecule has 1 N–H and O–H groups in total. The lowest BCUT2D eigenvalue weighted by Crippen LogP contribution is -2.40. The van der Waals surface area contributed by atoms with E-state index in [-0.39, 0.29) is 11.9 Å². The third-order valence-corrected chi connectivity index (χ3v) is 5.43. The molecule has 0 saturated carbocycles. The van der Waals surface area contributed by atoms with Gasteiger partial charge in [0.2, 0.25) is 11.8 Å². The number of ether oxygens (including phenoxy) is 2. The van der Waals surface area contributed by atoms with Gasteiger partial charge >= 0.3 is 0 Å². The molecule has 1 amide bonds. The van der Waals surface area contributed by atoms with Gasteiger partial charge in [-0.25, -0.2) is 4.52 Å². The van der Waals surface area contributed by atoms with Crippen molar-refractivity contribution in [2.45, 2.75) is 25.8 Å². The molecule has 1 atom stereocenters. The molecule has 2 aliphatic rings. The van der Waals surface area contributed by atoms with Gasteiger partial charge in [0.25, 0.3) is 0 Å². The first-order chi connectivity index (χ1) is 14.2. The Morgan fingerprint density at radius 1 is 1.34 bits per heavy atom. The van der Waals surface area contributed by atoms with Gasteiger partial charge in [-0.1, -0.05) is 0 Å². The average Bonchev–Trinajstić information content (AvgIpc) is 3.29. The highest BCUT2D eigenvalue weighted by Crippen LogP contribution is 2.32. The summed E-state index contributed by atoms with van der Waals surface area (Å²) in [4.78, 5) is 18.9. The Labute approximate surface area is 168 Å². The summed E-state index contributed by atoms with van der Waals surface area (Å²) >= 11 is 0. The van der Waals surface area contributed by atoms with Gasteiger partial charge in [-0.2, -0.15) is 10.1 Å². The first kappa shape index (κ1) is 17.8. The number of nitrogens with zero attached hydrogens (tertiary/aromatic N) is 4. The zero-order chi connectivity index (χ0) is 19.8. The molecule has 4 bridgehead atoms. The zero-order valence-electron chi connectivity index (χ0n) is 16.3. The van der Waals surface area contributed by atoms with Crippen LogP contribution in [-0.2, 0) is 4.79 Å². The largest absolute Gasteiger partial charge is 0.494 e. The second kappa shape index (κ2) is 7.27. The van der Waals surface area contributed by atoms with Crippen molar-refractivity contribution in [3.8, 4) is 22.8 Å². The number of amides is 1.